The molecule has 16 heavy (non-hydrogen) atoms. The number of rotatable bonds is 2. The average molecular weight is 218 g/mol. The molecule has 0 aliphatic heterocycles. The smallest absolute Gasteiger partial charge is 0.155 e. The molecule has 1 heteroatoms. The normalized spacial score (nSPS) is 34.8. The van der Waals surface area contributed by atoms with E-state index < -0.39 is 0 Å². The summed E-state index contributed by atoms with van der Waals surface area (Å²) in [6, 6.07) is 0. The lowest BCUT2D eigenvalue weighted by molar-refractivity contribution is -0.113. The maximum atomic E-state index is 11.2. The summed E-state index contributed by atoms with van der Waals surface area (Å²) in [5.74, 6) is 1.84. The first-order valence-electron chi connectivity index (χ1n) is 6.33. The number of Topliss-reactive ketones (excluding diaryl/α,β-unsaturated/α-hetero) is 1. The Balaban J connectivity index is 2.25. The Morgan fingerprint density at radius 1 is 1.31 bits per heavy atom. The fourth-order valence-corrected chi connectivity index (χ4v) is 3.36. The lowest BCUT2D eigenvalue weighted by atomic mass is 9.72. The molecule has 2 rings (SSSR count). The molecule has 0 N–H and O–H groups in total. The van der Waals surface area contributed by atoms with Gasteiger partial charge in [0, 0.05) is 0 Å². The van der Waals surface area contributed by atoms with Crippen molar-refractivity contribution in [3.8, 4) is 0 Å². The van der Waals surface area contributed by atoms with Crippen LogP contribution in [-0.2, 0) is 4.79 Å². The van der Waals surface area contributed by atoms with Crippen LogP contribution in [0.5, 0.6) is 0 Å². The molecule has 0 radical (unpaired) electrons. The largest absolute Gasteiger partial charge is 0.295 e. The van der Waals surface area contributed by atoms with Crippen LogP contribution in [0.25, 0.3) is 0 Å². The number of hydrogen-bond acceptors (Lipinski definition) is 1. The molecule has 0 aromatic carbocycles. The summed E-state index contributed by atoms with van der Waals surface area (Å²) in [5.41, 5.74) is 2.80. The van der Waals surface area contributed by atoms with Gasteiger partial charge in [-0.1, -0.05) is 31.6 Å². The van der Waals surface area contributed by atoms with E-state index in [1.165, 1.54) is 19.3 Å². The zero-order chi connectivity index (χ0) is 11.9. The quantitative estimate of drug-likeness (QED) is 0.642. The first-order valence-corrected chi connectivity index (χ1v) is 6.33. The van der Waals surface area contributed by atoms with Crippen molar-refractivity contribution in [2.45, 2.75) is 47.0 Å². The zero-order valence-corrected chi connectivity index (χ0v) is 10.8. The molecule has 2 unspecified atom stereocenters. The molecule has 0 aromatic heterocycles. The van der Waals surface area contributed by atoms with Gasteiger partial charge in [-0.25, -0.2) is 0 Å². The van der Waals surface area contributed by atoms with Crippen LogP contribution >= 0.6 is 0 Å². The number of fused-ring (bicyclic) bond motifs is 2. The minimum Gasteiger partial charge on any atom is -0.295 e. The van der Waals surface area contributed by atoms with Crippen molar-refractivity contribution in [2.75, 3.05) is 0 Å². The molecule has 0 saturated heterocycles. The van der Waals surface area contributed by atoms with Gasteiger partial charge in [-0.15, -0.1) is 0 Å². The molecule has 0 spiro atoms. The third-order valence-corrected chi connectivity index (χ3v) is 4.71. The number of allylic oxidation sites excluding steroid dienone is 4. The summed E-state index contributed by atoms with van der Waals surface area (Å²) in [4.78, 5) is 11.2. The van der Waals surface area contributed by atoms with Crippen molar-refractivity contribution < 1.29 is 4.79 Å². The summed E-state index contributed by atoms with van der Waals surface area (Å²) in [7, 11) is 0. The van der Waals surface area contributed by atoms with Crippen LogP contribution in [0, 0.1) is 17.3 Å². The summed E-state index contributed by atoms with van der Waals surface area (Å²) in [6.45, 7) is 8.26. The second kappa shape index (κ2) is 3.87. The fourth-order valence-electron chi connectivity index (χ4n) is 3.36. The monoisotopic (exact) mass is 218 g/mol. The van der Waals surface area contributed by atoms with Gasteiger partial charge in [0.05, 0.1) is 0 Å². The van der Waals surface area contributed by atoms with Crippen LogP contribution in [-0.4, -0.2) is 5.78 Å². The Hall–Kier alpha value is -0.850. The second-order valence-electron chi connectivity index (χ2n) is 5.96. The molecule has 2 saturated carbocycles. The van der Waals surface area contributed by atoms with E-state index in [1.54, 1.807) is 12.5 Å². The molecule has 2 fully saturated rings. The fraction of sp³-hybridized carbons (Fsp3) is 0.667. The Labute approximate surface area is 98.6 Å². The highest BCUT2D eigenvalue weighted by molar-refractivity contribution is 5.92. The number of ketones is 1. The number of carbonyl (C=O) groups is 1. The van der Waals surface area contributed by atoms with E-state index in [-0.39, 0.29) is 5.78 Å². The van der Waals surface area contributed by atoms with Crippen LogP contribution in [0.15, 0.2) is 23.3 Å². The molecule has 2 aliphatic carbocycles. The Kier molecular flexibility index (Phi) is 2.81. The van der Waals surface area contributed by atoms with Crippen LogP contribution in [0.2, 0.25) is 0 Å². The Morgan fingerprint density at radius 2 is 2.00 bits per heavy atom. The molecule has 0 aromatic rings. The topological polar surface area (TPSA) is 17.1 Å². The molecule has 0 heterocycles. The molecule has 0 amide bonds. The third-order valence-electron chi connectivity index (χ3n) is 4.71. The maximum absolute atomic E-state index is 11.2. The molecule has 1 nitrogen and oxygen atoms in total. The first-order chi connectivity index (χ1) is 7.43. The van der Waals surface area contributed by atoms with E-state index in [2.05, 4.69) is 19.9 Å². The summed E-state index contributed by atoms with van der Waals surface area (Å²) in [6.07, 6.45) is 8.35. The van der Waals surface area contributed by atoms with Crippen molar-refractivity contribution in [1.82, 2.24) is 0 Å². The molecule has 2 atom stereocenters. The van der Waals surface area contributed by atoms with Gasteiger partial charge in [-0.3, -0.25) is 4.79 Å². The van der Waals surface area contributed by atoms with Crippen molar-refractivity contribution in [3.05, 3.63) is 23.3 Å². The van der Waals surface area contributed by atoms with Gasteiger partial charge in [-0.2, -0.15) is 0 Å². The van der Waals surface area contributed by atoms with Crippen LogP contribution in [0.4, 0.5) is 0 Å². The van der Waals surface area contributed by atoms with Crippen molar-refractivity contribution in [1.29, 1.82) is 0 Å². The van der Waals surface area contributed by atoms with Gasteiger partial charge in [0.15, 0.2) is 5.78 Å². The van der Waals surface area contributed by atoms with E-state index in [1.807, 2.05) is 13.0 Å². The van der Waals surface area contributed by atoms with Crippen molar-refractivity contribution in [3.63, 3.8) is 0 Å². The number of carbonyl (C=O) groups excluding carboxylic acids is 1. The van der Waals surface area contributed by atoms with E-state index >= 15 is 0 Å². The van der Waals surface area contributed by atoms with Gasteiger partial charge < -0.3 is 0 Å². The highest BCUT2D eigenvalue weighted by Gasteiger charge is 2.48. The van der Waals surface area contributed by atoms with Gasteiger partial charge in [-0.05, 0) is 55.9 Å². The lowest BCUT2D eigenvalue weighted by Gasteiger charge is -2.32. The molecule has 2 bridgehead atoms. The predicted molar refractivity (Wildman–Crippen MR) is 67.1 cm³/mol. The summed E-state index contributed by atoms with van der Waals surface area (Å²) in [5, 5.41) is 0. The maximum Gasteiger partial charge on any atom is 0.155 e. The highest BCUT2D eigenvalue weighted by atomic mass is 16.1. The summed E-state index contributed by atoms with van der Waals surface area (Å²) < 4.78 is 0. The van der Waals surface area contributed by atoms with E-state index in [4.69, 9.17) is 0 Å². The van der Waals surface area contributed by atoms with E-state index in [0.717, 1.165) is 17.4 Å². The Morgan fingerprint density at radius 3 is 2.50 bits per heavy atom. The Bertz CT molecular complexity index is 371. The molecule has 2 aliphatic rings. The van der Waals surface area contributed by atoms with Crippen LogP contribution < -0.4 is 0 Å². The SMILES string of the molecule is CC(=O)C(C)=CC=C1C2CCC(C2)C1(C)C. The van der Waals surface area contributed by atoms with Gasteiger partial charge >= 0.3 is 0 Å². The van der Waals surface area contributed by atoms with E-state index in [9.17, 15) is 4.79 Å². The zero-order valence-electron chi connectivity index (χ0n) is 10.8. The van der Waals surface area contributed by atoms with Crippen molar-refractivity contribution >= 4 is 5.78 Å². The first kappa shape index (κ1) is 11.6. The van der Waals surface area contributed by atoms with Crippen molar-refractivity contribution in [2.24, 2.45) is 17.3 Å². The summed E-state index contributed by atoms with van der Waals surface area (Å²) >= 11 is 0. The number of hydrogen-bond donors (Lipinski definition) is 0. The average Bonchev–Trinajstić information content (AvgIpc) is 2.73. The highest BCUT2D eigenvalue weighted by Crippen LogP contribution is 2.58. The standard InChI is InChI=1S/C15H22O/c1-10(11(2)16)5-8-14-12-6-7-13(9-12)15(14,3)4/h5,8,12-13H,6-7,9H2,1-4H3. The van der Waals surface area contributed by atoms with E-state index in [0.29, 0.717) is 5.41 Å². The molecule has 88 valence electrons. The van der Waals surface area contributed by atoms with Gasteiger partial charge in [0.25, 0.3) is 0 Å². The van der Waals surface area contributed by atoms with Gasteiger partial charge in [0.1, 0.15) is 0 Å². The van der Waals surface area contributed by atoms with Crippen LogP contribution in [0.1, 0.15) is 47.0 Å². The van der Waals surface area contributed by atoms with Gasteiger partial charge in [0.2, 0.25) is 0 Å². The minimum absolute atomic E-state index is 0.179. The third kappa shape index (κ3) is 1.77. The minimum atomic E-state index is 0.179. The molecular weight excluding hydrogens is 196 g/mol. The van der Waals surface area contributed by atoms with Crippen LogP contribution in [0.3, 0.4) is 0 Å². The molecular formula is C15H22O. The predicted octanol–water partition coefficient (Wildman–Crippen LogP) is 3.90. The lowest BCUT2D eigenvalue weighted by Crippen LogP contribution is -2.22. The second-order valence-corrected chi connectivity index (χ2v) is 5.96.